The molecule has 2 aromatic rings. The van der Waals surface area contributed by atoms with Crippen molar-refractivity contribution in [2.75, 3.05) is 13.7 Å². The Morgan fingerprint density at radius 2 is 1.86 bits per heavy atom. The van der Waals surface area contributed by atoms with Crippen molar-refractivity contribution in [1.82, 2.24) is 4.98 Å². The molecule has 0 radical (unpaired) electrons. The predicted molar refractivity (Wildman–Crippen MR) is 86.7 cm³/mol. The van der Waals surface area contributed by atoms with Gasteiger partial charge in [0.2, 0.25) is 0 Å². The van der Waals surface area contributed by atoms with Gasteiger partial charge in [-0.2, -0.15) is 0 Å². The van der Waals surface area contributed by atoms with Crippen LogP contribution in [0.2, 0.25) is 0 Å². The van der Waals surface area contributed by atoms with Gasteiger partial charge in [-0.25, -0.2) is 0 Å². The molecular weight excluding hydrogens is 260 g/mol. The van der Waals surface area contributed by atoms with Gasteiger partial charge in [0.25, 0.3) is 0 Å². The Kier molecular flexibility index (Phi) is 5.34. The second-order valence-electron chi connectivity index (χ2n) is 5.54. The van der Waals surface area contributed by atoms with Crippen molar-refractivity contribution in [3.05, 3.63) is 58.9 Å². The Bertz CT molecular complexity index is 581. The Balaban J connectivity index is 2.15. The molecule has 1 unspecified atom stereocenters. The number of benzene rings is 1. The van der Waals surface area contributed by atoms with Crippen molar-refractivity contribution >= 4 is 0 Å². The number of hydrogen-bond donors (Lipinski definition) is 1. The fraction of sp³-hybridized carbons (Fsp3) is 0.389. The predicted octanol–water partition coefficient (Wildman–Crippen LogP) is 3.07. The third-order valence-electron chi connectivity index (χ3n) is 3.93. The molecule has 1 aromatic carbocycles. The average molecular weight is 284 g/mol. The summed E-state index contributed by atoms with van der Waals surface area (Å²) in [7, 11) is 1.71. The van der Waals surface area contributed by atoms with Crippen LogP contribution in [0.4, 0.5) is 0 Å². The minimum absolute atomic E-state index is 0.394. The molecule has 0 saturated heterocycles. The summed E-state index contributed by atoms with van der Waals surface area (Å²) in [6.07, 6.45) is 3.75. The molecule has 1 heterocycles. The number of hydrogen-bond acceptors (Lipinski definition) is 3. The molecule has 0 spiro atoms. The lowest BCUT2D eigenvalue weighted by Crippen LogP contribution is -2.20. The summed E-state index contributed by atoms with van der Waals surface area (Å²) in [5, 5.41) is 0. The fourth-order valence-corrected chi connectivity index (χ4v) is 2.74. The van der Waals surface area contributed by atoms with Gasteiger partial charge in [-0.05, 0) is 44.7 Å². The molecule has 0 aliphatic carbocycles. The van der Waals surface area contributed by atoms with Gasteiger partial charge in [-0.1, -0.05) is 30.3 Å². The van der Waals surface area contributed by atoms with Crippen LogP contribution >= 0.6 is 0 Å². The van der Waals surface area contributed by atoms with E-state index < -0.39 is 0 Å². The second-order valence-corrected chi connectivity index (χ2v) is 5.54. The van der Waals surface area contributed by atoms with Crippen LogP contribution in [0.15, 0.2) is 36.5 Å². The molecule has 0 fully saturated rings. The first-order valence-corrected chi connectivity index (χ1v) is 7.38. The van der Waals surface area contributed by atoms with Crippen molar-refractivity contribution in [2.24, 2.45) is 11.7 Å². The monoisotopic (exact) mass is 284 g/mol. The summed E-state index contributed by atoms with van der Waals surface area (Å²) >= 11 is 0. The lowest BCUT2D eigenvalue weighted by molar-refractivity contribution is 0.405. The van der Waals surface area contributed by atoms with Crippen molar-refractivity contribution in [1.29, 1.82) is 0 Å². The van der Waals surface area contributed by atoms with Crippen LogP contribution in [0.5, 0.6) is 5.75 Å². The molecule has 1 aromatic heterocycles. The van der Waals surface area contributed by atoms with Crippen LogP contribution in [0.1, 0.15) is 22.4 Å². The van der Waals surface area contributed by atoms with E-state index in [0.29, 0.717) is 12.5 Å². The summed E-state index contributed by atoms with van der Waals surface area (Å²) < 4.78 is 5.48. The summed E-state index contributed by atoms with van der Waals surface area (Å²) in [6.45, 7) is 4.75. The molecule has 21 heavy (non-hydrogen) atoms. The normalized spacial score (nSPS) is 12.2. The van der Waals surface area contributed by atoms with E-state index in [0.717, 1.165) is 35.4 Å². The lowest BCUT2D eigenvalue weighted by Gasteiger charge is -2.18. The first-order valence-electron chi connectivity index (χ1n) is 7.38. The quantitative estimate of drug-likeness (QED) is 0.887. The van der Waals surface area contributed by atoms with E-state index in [4.69, 9.17) is 10.5 Å². The van der Waals surface area contributed by atoms with Crippen molar-refractivity contribution in [3.63, 3.8) is 0 Å². The van der Waals surface area contributed by atoms with E-state index in [2.05, 4.69) is 36.2 Å². The van der Waals surface area contributed by atoms with Gasteiger partial charge in [-0.3, -0.25) is 4.98 Å². The van der Waals surface area contributed by atoms with Gasteiger partial charge >= 0.3 is 0 Å². The van der Waals surface area contributed by atoms with Gasteiger partial charge in [-0.15, -0.1) is 0 Å². The van der Waals surface area contributed by atoms with E-state index in [1.807, 2.05) is 19.2 Å². The molecule has 0 aliphatic heterocycles. The van der Waals surface area contributed by atoms with E-state index in [-0.39, 0.29) is 0 Å². The number of aryl methyl sites for hydroxylation is 1. The SMILES string of the molecule is COc1c(C)cnc(CC(CN)Cc2ccccc2)c1C. The third kappa shape index (κ3) is 3.82. The number of methoxy groups -OCH3 is 1. The summed E-state index contributed by atoms with van der Waals surface area (Å²) in [5.41, 5.74) is 10.6. The van der Waals surface area contributed by atoms with Gasteiger partial charge in [0.1, 0.15) is 5.75 Å². The molecule has 112 valence electrons. The highest BCUT2D eigenvalue weighted by Crippen LogP contribution is 2.26. The van der Waals surface area contributed by atoms with E-state index in [9.17, 15) is 0 Å². The van der Waals surface area contributed by atoms with Gasteiger partial charge < -0.3 is 10.5 Å². The number of ether oxygens (including phenoxy) is 1. The highest BCUT2D eigenvalue weighted by Gasteiger charge is 2.15. The summed E-state index contributed by atoms with van der Waals surface area (Å²) in [4.78, 5) is 4.58. The van der Waals surface area contributed by atoms with Gasteiger partial charge in [0.15, 0.2) is 0 Å². The molecule has 0 bridgehead atoms. The maximum absolute atomic E-state index is 5.96. The van der Waals surface area contributed by atoms with Crippen LogP contribution in [0.25, 0.3) is 0 Å². The lowest BCUT2D eigenvalue weighted by atomic mass is 9.93. The number of rotatable bonds is 6. The first-order chi connectivity index (χ1) is 10.2. The average Bonchev–Trinajstić information content (AvgIpc) is 2.50. The zero-order chi connectivity index (χ0) is 15.2. The zero-order valence-electron chi connectivity index (χ0n) is 13.1. The number of aromatic nitrogens is 1. The van der Waals surface area contributed by atoms with E-state index in [1.54, 1.807) is 7.11 Å². The topological polar surface area (TPSA) is 48.1 Å². The molecule has 2 rings (SSSR count). The molecule has 3 heteroatoms. The maximum Gasteiger partial charge on any atom is 0.128 e. The second kappa shape index (κ2) is 7.23. The first kappa shape index (κ1) is 15.5. The number of pyridine rings is 1. The summed E-state index contributed by atoms with van der Waals surface area (Å²) in [6, 6.07) is 10.5. The standard InChI is InChI=1S/C18H24N2O/c1-13-12-20-17(14(2)18(13)21-3)10-16(11-19)9-15-7-5-4-6-8-15/h4-8,12,16H,9-11,19H2,1-3H3. The van der Waals surface area contributed by atoms with E-state index >= 15 is 0 Å². The van der Waals surface area contributed by atoms with E-state index in [1.165, 1.54) is 5.56 Å². The highest BCUT2D eigenvalue weighted by molar-refractivity contribution is 5.41. The van der Waals surface area contributed by atoms with Crippen LogP contribution in [0.3, 0.4) is 0 Å². The Labute approximate surface area is 127 Å². The largest absolute Gasteiger partial charge is 0.496 e. The zero-order valence-corrected chi connectivity index (χ0v) is 13.1. The van der Waals surface area contributed by atoms with Crippen molar-refractivity contribution < 1.29 is 4.74 Å². The molecule has 2 N–H and O–H groups in total. The molecule has 0 aliphatic rings. The third-order valence-corrected chi connectivity index (χ3v) is 3.93. The molecule has 0 amide bonds. The molecule has 0 saturated carbocycles. The van der Waals surface area contributed by atoms with Crippen LogP contribution in [-0.4, -0.2) is 18.6 Å². The number of nitrogens with zero attached hydrogens (tertiary/aromatic N) is 1. The van der Waals surface area contributed by atoms with Crippen LogP contribution in [0, 0.1) is 19.8 Å². The van der Waals surface area contributed by atoms with Gasteiger partial charge in [0.05, 0.1) is 7.11 Å². The molecular formula is C18H24N2O. The van der Waals surface area contributed by atoms with Crippen molar-refractivity contribution in [3.8, 4) is 5.75 Å². The molecule has 1 atom stereocenters. The minimum Gasteiger partial charge on any atom is -0.496 e. The fourth-order valence-electron chi connectivity index (χ4n) is 2.74. The summed E-state index contributed by atoms with van der Waals surface area (Å²) in [5.74, 6) is 1.33. The smallest absolute Gasteiger partial charge is 0.128 e. The Morgan fingerprint density at radius 3 is 2.48 bits per heavy atom. The van der Waals surface area contributed by atoms with Crippen molar-refractivity contribution in [2.45, 2.75) is 26.7 Å². The molecule has 3 nitrogen and oxygen atoms in total. The minimum atomic E-state index is 0.394. The highest BCUT2D eigenvalue weighted by atomic mass is 16.5. The van der Waals surface area contributed by atoms with Crippen LogP contribution in [-0.2, 0) is 12.8 Å². The Hall–Kier alpha value is -1.87. The van der Waals surface area contributed by atoms with Crippen LogP contribution < -0.4 is 10.5 Å². The Morgan fingerprint density at radius 1 is 1.14 bits per heavy atom. The number of nitrogens with two attached hydrogens (primary N) is 1. The maximum atomic E-state index is 5.96. The van der Waals surface area contributed by atoms with Gasteiger partial charge in [0, 0.05) is 23.0 Å².